The van der Waals surface area contributed by atoms with E-state index in [9.17, 15) is 0 Å². The summed E-state index contributed by atoms with van der Waals surface area (Å²) in [6.45, 7) is 3.18. The van der Waals surface area contributed by atoms with E-state index in [1.54, 1.807) is 12.4 Å². The van der Waals surface area contributed by atoms with E-state index < -0.39 is 0 Å². The van der Waals surface area contributed by atoms with Gasteiger partial charge in [-0.25, -0.2) is 4.68 Å². The van der Waals surface area contributed by atoms with E-state index in [-0.39, 0.29) is 12.5 Å². The summed E-state index contributed by atoms with van der Waals surface area (Å²) in [6.07, 6.45) is 17.9. The lowest BCUT2D eigenvalue weighted by atomic mass is 10.1. The average Bonchev–Trinajstić information content (AvgIpc) is 3.63. The first-order valence-electron chi connectivity index (χ1n) is 14.6. The SMILES string of the molecule is Clc1cncc(Cl)c1CCOc1ccc2c(c1)c(C=Cc1cnn(CCO[C@@H]3CCCCO3)c1)nn2[C@H]1CCCCO1. The lowest BCUT2D eigenvalue weighted by molar-refractivity contribution is -0.163. The predicted octanol–water partition coefficient (Wildman–Crippen LogP) is 6.97. The van der Waals surface area contributed by atoms with E-state index >= 15 is 0 Å². The molecule has 9 nitrogen and oxygen atoms in total. The summed E-state index contributed by atoms with van der Waals surface area (Å²) in [7, 11) is 0. The Morgan fingerprint density at radius 1 is 0.952 bits per heavy atom. The number of aromatic nitrogens is 5. The molecule has 0 N–H and O–H groups in total. The minimum Gasteiger partial charge on any atom is -0.493 e. The number of hydrogen-bond acceptors (Lipinski definition) is 7. The molecule has 2 aliphatic rings. The number of pyridine rings is 1. The number of halogens is 2. The molecule has 4 aromatic rings. The fourth-order valence-corrected chi connectivity index (χ4v) is 5.88. The third-order valence-corrected chi connectivity index (χ3v) is 8.21. The van der Waals surface area contributed by atoms with Crippen LogP contribution >= 0.6 is 23.2 Å². The van der Waals surface area contributed by atoms with Gasteiger partial charge in [-0.1, -0.05) is 23.2 Å². The monoisotopic (exact) mass is 611 g/mol. The highest BCUT2D eigenvalue weighted by Gasteiger charge is 2.21. The Labute approximate surface area is 255 Å². The summed E-state index contributed by atoms with van der Waals surface area (Å²) in [5.74, 6) is 0.748. The van der Waals surface area contributed by atoms with E-state index in [0.29, 0.717) is 36.2 Å². The van der Waals surface area contributed by atoms with Crippen molar-refractivity contribution in [1.82, 2.24) is 24.5 Å². The fourth-order valence-electron chi connectivity index (χ4n) is 5.32. The first kappa shape index (κ1) is 29.1. The van der Waals surface area contributed by atoms with Crippen LogP contribution in [0.1, 0.15) is 61.6 Å². The van der Waals surface area contributed by atoms with E-state index in [4.69, 9.17) is 47.2 Å². The molecule has 5 heterocycles. The molecule has 2 saturated heterocycles. The first-order chi connectivity index (χ1) is 20.6. The van der Waals surface area contributed by atoms with Crippen LogP contribution < -0.4 is 4.74 Å². The van der Waals surface area contributed by atoms with Crippen molar-refractivity contribution >= 4 is 46.3 Å². The molecule has 0 radical (unpaired) electrons. The second-order valence-corrected chi connectivity index (χ2v) is 11.4. The Hall–Kier alpha value is -2.95. The van der Waals surface area contributed by atoms with Crippen molar-refractivity contribution in [2.45, 2.75) is 64.0 Å². The molecule has 0 amide bonds. The summed E-state index contributed by atoms with van der Waals surface area (Å²) < 4.78 is 27.6. The Kier molecular flexibility index (Phi) is 9.72. The molecule has 42 heavy (non-hydrogen) atoms. The van der Waals surface area contributed by atoms with Crippen LogP contribution in [0.2, 0.25) is 10.0 Å². The van der Waals surface area contributed by atoms with Gasteiger partial charge in [-0.05, 0) is 74.4 Å². The zero-order valence-corrected chi connectivity index (χ0v) is 25.0. The summed E-state index contributed by atoms with van der Waals surface area (Å²) >= 11 is 12.6. The standard InChI is InChI=1S/C31H35Cl2N5O4/c32-26-19-34-20-27(33)24(26)11-15-39-23-8-10-29-25(17-23)28(36-38(29)30-5-1-3-13-40-30)9-7-22-18-35-37(21-22)12-16-42-31-6-2-4-14-41-31/h7-10,17-21,30-31H,1-6,11-16H2/t30-,31-/m1/s1. The summed E-state index contributed by atoms with van der Waals surface area (Å²) in [4.78, 5) is 4.02. The molecule has 11 heteroatoms. The van der Waals surface area contributed by atoms with Gasteiger partial charge < -0.3 is 18.9 Å². The normalized spacial score (nSPS) is 19.6. The van der Waals surface area contributed by atoms with Gasteiger partial charge in [0, 0.05) is 49.2 Å². The minimum absolute atomic E-state index is 0.0814. The zero-order valence-electron chi connectivity index (χ0n) is 23.5. The van der Waals surface area contributed by atoms with E-state index in [1.807, 2.05) is 52.1 Å². The highest BCUT2D eigenvalue weighted by atomic mass is 35.5. The minimum atomic E-state index is -0.0923. The second-order valence-electron chi connectivity index (χ2n) is 10.5. The van der Waals surface area contributed by atoms with Crippen LogP contribution in [0.3, 0.4) is 0 Å². The van der Waals surface area contributed by atoms with Crippen molar-refractivity contribution in [3.8, 4) is 5.75 Å². The van der Waals surface area contributed by atoms with Crippen LogP contribution in [0, 0.1) is 0 Å². The van der Waals surface area contributed by atoms with Gasteiger partial charge >= 0.3 is 0 Å². The summed E-state index contributed by atoms with van der Waals surface area (Å²) in [5.41, 5.74) is 3.66. The molecule has 3 aromatic heterocycles. The largest absolute Gasteiger partial charge is 0.493 e. The van der Waals surface area contributed by atoms with Crippen LogP contribution in [0.4, 0.5) is 0 Å². The number of ether oxygens (including phenoxy) is 4. The molecule has 0 bridgehead atoms. The number of hydrogen-bond donors (Lipinski definition) is 0. The Balaban J connectivity index is 1.16. The Bertz CT molecular complexity index is 1490. The van der Waals surface area contributed by atoms with Gasteiger partial charge in [-0.15, -0.1) is 0 Å². The lowest BCUT2D eigenvalue weighted by Crippen LogP contribution is -2.24. The van der Waals surface area contributed by atoms with Gasteiger partial charge in [0.15, 0.2) is 12.5 Å². The molecule has 1 aromatic carbocycles. The van der Waals surface area contributed by atoms with E-state index in [2.05, 4.69) is 10.1 Å². The van der Waals surface area contributed by atoms with Crippen molar-refractivity contribution < 1.29 is 18.9 Å². The molecule has 0 aliphatic carbocycles. The molecule has 2 atom stereocenters. The summed E-state index contributed by atoms with van der Waals surface area (Å²) in [6, 6.07) is 6.05. The van der Waals surface area contributed by atoms with Gasteiger partial charge in [0.25, 0.3) is 0 Å². The van der Waals surface area contributed by atoms with Crippen LogP contribution in [-0.4, -0.2) is 57.3 Å². The maximum absolute atomic E-state index is 6.28. The molecule has 2 aliphatic heterocycles. The number of fused-ring (bicyclic) bond motifs is 1. The molecular weight excluding hydrogens is 577 g/mol. The first-order valence-corrected chi connectivity index (χ1v) is 15.4. The van der Waals surface area contributed by atoms with Crippen molar-refractivity contribution in [2.24, 2.45) is 0 Å². The smallest absolute Gasteiger partial charge is 0.157 e. The van der Waals surface area contributed by atoms with Crippen LogP contribution in [0.25, 0.3) is 23.1 Å². The van der Waals surface area contributed by atoms with Gasteiger partial charge in [0.05, 0.1) is 47.2 Å². The number of rotatable bonds is 11. The third-order valence-electron chi connectivity index (χ3n) is 7.56. The highest BCUT2D eigenvalue weighted by molar-refractivity contribution is 6.35. The maximum Gasteiger partial charge on any atom is 0.157 e. The average molecular weight is 613 g/mol. The summed E-state index contributed by atoms with van der Waals surface area (Å²) in [5, 5.41) is 11.5. The third kappa shape index (κ3) is 7.15. The predicted molar refractivity (Wildman–Crippen MR) is 163 cm³/mol. The van der Waals surface area contributed by atoms with Gasteiger partial charge in [-0.2, -0.15) is 10.2 Å². The topological polar surface area (TPSA) is 85.5 Å². The van der Waals surface area contributed by atoms with E-state index in [0.717, 1.165) is 85.2 Å². The second kappa shape index (κ2) is 14.0. The fraction of sp³-hybridized carbons (Fsp3) is 0.452. The van der Waals surface area contributed by atoms with Gasteiger partial charge in [0.1, 0.15) is 5.75 Å². The molecule has 0 saturated carbocycles. The van der Waals surface area contributed by atoms with Crippen molar-refractivity contribution in [3.05, 3.63) is 69.9 Å². The molecule has 6 rings (SSSR count). The maximum atomic E-state index is 6.28. The lowest BCUT2D eigenvalue weighted by Gasteiger charge is -2.23. The molecular formula is C31H35Cl2N5O4. The van der Waals surface area contributed by atoms with Gasteiger partial charge in [0.2, 0.25) is 0 Å². The quantitative estimate of drug-likeness (QED) is 0.181. The molecule has 2 fully saturated rings. The van der Waals surface area contributed by atoms with Crippen molar-refractivity contribution in [2.75, 3.05) is 26.4 Å². The molecule has 0 unspecified atom stereocenters. The van der Waals surface area contributed by atoms with E-state index in [1.165, 1.54) is 0 Å². The Morgan fingerprint density at radius 3 is 2.57 bits per heavy atom. The highest BCUT2D eigenvalue weighted by Crippen LogP contribution is 2.32. The Morgan fingerprint density at radius 2 is 1.79 bits per heavy atom. The van der Waals surface area contributed by atoms with Gasteiger partial charge in [-0.3, -0.25) is 9.67 Å². The number of nitrogens with zero attached hydrogens (tertiary/aromatic N) is 5. The zero-order chi connectivity index (χ0) is 28.7. The molecule has 222 valence electrons. The van der Waals surface area contributed by atoms with Crippen molar-refractivity contribution in [3.63, 3.8) is 0 Å². The van der Waals surface area contributed by atoms with Crippen LogP contribution in [0.5, 0.6) is 5.75 Å². The molecule has 0 spiro atoms. The van der Waals surface area contributed by atoms with Crippen molar-refractivity contribution in [1.29, 1.82) is 0 Å². The number of benzene rings is 1. The van der Waals surface area contributed by atoms with Crippen LogP contribution in [-0.2, 0) is 27.2 Å². The van der Waals surface area contributed by atoms with Crippen LogP contribution in [0.15, 0.2) is 43.0 Å².